The molecule has 1 aromatic carbocycles. The maximum absolute atomic E-state index is 5.70. The Bertz CT molecular complexity index is 479. The topological polar surface area (TPSA) is 33.7 Å². The third-order valence-electron chi connectivity index (χ3n) is 3.93. The van der Waals surface area contributed by atoms with Gasteiger partial charge >= 0.3 is 0 Å². The van der Waals surface area contributed by atoms with Crippen LogP contribution in [0.25, 0.3) is 0 Å². The minimum Gasteiger partial charge on any atom is -0.486 e. The predicted octanol–water partition coefficient (Wildman–Crippen LogP) is 2.82. The van der Waals surface area contributed by atoms with Crippen LogP contribution in [-0.2, 0) is 0 Å². The smallest absolute Gasteiger partial charge is 0.161 e. The molecule has 2 aliphatic rings. The maximum Gasteiger partial charge on any atom is 0.161 e. The average Bonchev–Trinajstić information content (AvgIpc) is 2.53. The van der Waals surface area contributed by atoms with Gasteiger partial charge in [0.1, 0.15) is 13.2 Å². The molecular weight excluding hydrogens is 323 g/mol. The number of benzene rings is 1. The highest BCUT2D eigenvalue weighted by Crippen LogP contribution is 2.35. The zero-order valence-electron chi connectivity index (χ0n) is 12.6. The second kappa shape index (κ2) is 9.26. The molecule has 1 fully saturated rings. The molecule has 2 heterocycles. The molecule has 0 amide bonds. The molecular formula is C16H24Cl2N2O2. The molecule has 124 valence electrons. The van der Waals surface area contributed by atoms with Crippen molar-refractivity contribution in [1.82, 2.24) is 10.2 Å². The van der Waals surface area contributed by atoms with Crippen LogP contribution in [0.1, 0.15) is 18.0 Å². The minimum absolute atomic E-state index is 0. The van der Waals surface area contributed by atoms with Crippen molar-refractivity contribution in [2.24, 2.45) is 0 Å². The fourth-order valence-electron chi connectivity index (χ4n) is 2.91. The summed E-state index contributed by atoms with van der Waals surface area (Å²) in [6.07, 6.45) is 2.96. The first-order chi connectivity index (χ1) is 9.88. The van der Waals surface area contributed by atoms with Gasteiger partial charge in [-0.05, 0) is 24.1 Å². The lowest BCUT2D eigenvalue weighted by molar-refractivity contribution is 0.165. The lowest BCUT2D eigenvalue weighted by atomic mass is 10.0. The summed E-state index contributed by atoms with van der Waals surface area (Å²) >= 11 is 0. The van der Waals surface area contributed by atoms with E-state index in [2.05, 4.69) is 28.9 Å². The summed E-state index contributed by atoms with van der Waals surface area (Å²) in [7, 11) is 0. The van der Waals surface area contributed by atoms with E-state index in [1.807, 2.05) is 12.1 Å². The van der Waals surface area contributed by atoms with Crippen molar-refractivity contribution in [3.8, 4) is 11.5 Å². The quantitative estimate of drug-likeness (QED) is 0.850. The molecule has 0 aliphatic carbocycles. The van der Waals surface area contributed by atoms with Crippen LogP contribution < -0.4 is 14.8 Å². The summed E-state index contributed by atoms with van der Waals surface area (Å²) in [6.45, 7) is 9.44. The summed E-state index contributed by atoms with van der Waals surface area (Å²) in [4.78, 5) is 2.52. The summed E-state index contributed by atoms with van der Waals surface area (Å²) < 4.78 is 11.3. The van der Waals surface area contributed by atoms with Crippen molar-refractivity contribution in [3.05, 3.63) is 36.4 Å². The van der Waals surface area contributed by atoms with E-state index < -0.39 is 0 Å². The molecule has 0 unspecified atom stereocenters. The van der Waals surface area contributed by atoms with Crippen molar-refractivity contribution in [3.63, 3.8) is 0 Å². The first-order valence-electron chi connectivity index (χ1n) is 7.33. The van der Waals surface area contributed by atoms with Crippen LogP contribution in [0.5, 0.6) is 11.5 Å². The summed E-state index contributed by atoms with van der Waals surface area (Å²) in [5.41, 5.74) is 1.29. The predicted molar refractivity (Wildman–Crippen MR) is 93.9 cm³/mol. The van der Waals surface area contributed by atoms with Crippen LogP contribution in [0.3, 0.4) is 0 Å². The number of hydrogen-bond donors (Lipinski definition) is 1. The molecule has 6 heteroatoms. The maximum atomic E-state index is 5.70. The second-order valence-corrected chi connectivity index (χ2v) is 5.23. The molecule has 22 heavy (non-hydrogen) atoms. The molecule has 1 saturated heterocycles. The zero-order chi connectivity index (χ0) is 13.8. The van der Waals surface area contributed by atoms with E-state index in [4.69, 9.17) is 9.47 Å². The molecule has 0 aromatic heterocycles. The van der Waals surface area contributed by atoms with E-state index in [0.29, 0.717) is 19.3 Å². The molecule has 3 rings (SSSR count). The molecule has 0 spiro atoms. The van der Waals surface area contributed by atoms with Crippen molar-refractivity contribution in [2.45, 2.75) is 12.5 Å². The van der Waals surface area contributed by atoms with Crippen LogP contribution in [0.15, 0.2) is 30.9 Å². The van der Waals surface area contributed by atoms with Gasteiger partial charge in [-0.2, -0.15) is 0 Å². The van der Waals surface area contributed by atoms with Crippen LogP contribution in [0, 0.1) is 0 Å². The van der Waals surface area contributed by atoms with Crippen LogP contribution in [0.2, 0.25) is 0 Å². The SMILES string of the molecule is C=CC[C@H](c1ccc2c(c1)OCCO2)N1CCNCC1.Cl.Cl. The van der Waals surface area contributed by atoms with E-state index in [9.17, 15) is 0 Å². The zero-order valence-corrected chi connectivity index (χ0v) is 14.3. The Kier molecular flexibility index (Phi) is 8.04. The summed E-state index contributed by atoms with van der Waals surface area (Å²) in [5, 5.41) is 3.40. The van der Waals surface area contributed by atoms with Gasteiger partial charge in [-0.3, -0.25) is 4.90 Å². The molecule has 0 radical (unpaired) electrons. The Morgan fingerprint density at radius 2 is 1.82 bits per heavy atom. The van der Waals surface area contributed by atoms with Gasteiger partial charge in [0.05, 0.1) is 0 Å². The Morgan fingerprint density at radius 1 is 1.14 bits per heavy atom. The van der Waals surface area contributed by atoms with Crippen molar-refractivity contribution in [1.29, 1.82) is 0 Å². The van der Waals surface area contributed by atoms with E-state index in [1.54, 1.807) is 0 Å². The first kappa shape index (κ1) is 19.1. The number of piperazine rings is 1. The number of fused-ring (bicyclic) bond motifs is 1. The van der Waals surface area contributed by atoms with Gasteiger partial charge in [-0.25, -0.2) is 0 Å². The van der Waals surface area contributed by atoms with Crippen LogP contribution in [0.4, 0.5) is 0 Å². The van der Waals surface area contributed by atoms with E-state index >= 15 is 0 Å². The van der Waals surface area contributed by atoms with Gasteiger partial charge < -0.3 is 14.8 Å². The number of hydrogen-bond acceptors (Lipinski definition) is 4. The highest BCUT2D eigenvalue weighted by molar-refractivity contribution is 5.85. The third-order valence-corrected chi connectivity index (χ3v) is 3.93. The third kappa shape index (κ3) is 4.29. The summed E-state index contributed by atoms with van der Waals surface area (Å²) in [6, 6.07) is 6.70. The lowest BCUT2D eigenvalue weighted by Gasteiger charge is -2.35. The average molecular weight is 347 g/mol. The van der Waals surface area contributed by atoms with Crippen molar-refractivity contribution >= 4 is 24.8 Å². The fraction of sp³-hybridized carbons (Fsp3) is 0.500. The highest BCUT2D eigenvalue weighted by atomic mass is 35.5. The standard InChI is InChI=1S/C16H22N2O2.2ClH/c1-2-3-14(18-8-6-17-7-9-18)13-4-5-15-16(12-13)20-11-10-19-15;;/h2,4-5,12,14,17H,1,3,6-11H2;2*1H/t14-;;/m1../s1. The Labute approximate surface area is 144 Å². The van der Waals surface area contributed by atoms with Crippen LogP contribution in [-0.4, -0.2) is 44.3 Å². The number of ether oxygens (including phenoxy) is 2. The van der Waals surface area contributed by atoms with Gasteiger partial charge in [0.15, 0.2) is 11.5 Å². The van der Waals surface area contributed by atoms with E-state index in [0.717, 1.165) is 44.1 Å². The minimum atomic E-state index is 0. The van der Waals surface area contributed by atoms with Crippen molar-refractivity contribution in [2.75, 3.05) is 39.4 Å². The van der Waals surface area contributed by atoms with Crippen molar-refractivity contribution < 1.29 is 9.47 Å². The Balaban J connectivity index is 0.00000121. The van der Waals surface area contributed by atoms with Gasteiger partial charge in [-0.15, -0.1) is 31.4 Å². The normalized spacial score (nSPS) is 18.5. The fourth-order valence-corrected chi connectivity index (χ4v) is 2.91. The molecule has 0 bridgehead atoms. The second-order valence-electron chi connectivity index (χ2n) is 5.23. The van der Waals surface area contributed by atoms with Crippen LogP contribution >= 0.6 is 24.8 Å². The highest BCUT2D eigenvalue weighted by Gasteiger charge is 2.23. The number of nitrogens with one attached hydrogen (secondary N) is 1. The molecule has 1 atom stereocenters. The van der Waals surface area contributed by atoms with Gasteiger partial charge in [0.25, 0.3) is 0 Å². The van der Waals surface area contributed by atoms with Gasteiger partial charge in [0.2, 0.25) is 0 Å². The largest absolute Gasteiger partial charge is 0.486 e. The van der Waals surface area contributed by atoms with Gasteiger partial charge in [0, 0.05) is 32.2 Å². The Hall–Kier alpha value is -0.940. The molecule has 0 saturated carbocycles. The Morgan fingerprint density at radius 3 is 2.50 bits per heavy atom. The molecule has 1 N–H and O–H groups in total. The summed E-state index contributed by atoms with van der Waals surface area (Å²) in [5.74, 6) is 1.73. The molecule has 1 aromatic rings. The monoisotopic (exact) mass is 346 g/mol. The van der Waals surface area contributed by atoms with Gasteiger partial charge in [-0.1, -0.05) is 12.1 Å². The lowest BCUT2D eigenvalue weighted by Crippen LogP contribution is -2.45. The molecule has 4 nitrogen and oxygen atoms in total. The van der Waals surface area contributed by atoms with E-state index in [-0.39, 0.29) is 24.8 Å². The van der Waals surface area contributed by atoms with E-state index in [1.165, 1.54) is 5.56 Å². The molecule has 2 aliphatic heterocycles. The number of nitrogens with zero attached hydrogens (tertiary/aromatic N) is 1. The number of halogens is 2. The first-order valence-corrected chi connectivity index (χ1v) is 7.33. The number of rotatable bonds is 4.